The summed E-state index contributed by atoms with van der Waals surface area (Å²) in [5.74, 6) is 0.628. The first-order valence-electron chi connectivity index (χ1n) is 10.6. The normalized spacial score (nSPS) is 10.9. The number of amides is 1. The van der Waals surface area contributed by atoms with Crippen LogP contribution in [-0.2, 0) is 11.2 Å². The van der Waals surface area contributed by atoms with Crippen molar-refractivity contribution < 1.29 is 9.53 Å². The summed E-state index contributed by atoms with van der Waals surface area (Å²) in [6.07, 6.45) is 2.53. The number of carbonyl (C=O) groups excluding carboxylic acids is 1. The van der Waals surface area contributed by atoms with Gasteiger partial charge in [0.05, 0.1) is 23.3 Å². The van der Waals surface area contributed by atoms with Gasteiger partial charge in [0.1, 0.15) is 11.4 Å². The van der Waals surface area contributed by atoms with Crippen molar-refractivity contribution in [2.45, 2.75) is 32.6 Å². The first kappa shape index (κ1) is 21.7. The number of anilines is 1. The molecular formula is C24H24N4O3S. The van der Waals surface area contributed by atoms with Gasteiger partial charge in [-0.05, 0) is 42.8 Å². The second-order valence-electron chi connectivity index (χ2n) is 7.34. The largest absolute Gasteiger partial charge is 0.494 e. The highest BCUT2D eigenvalue weighted by Gasteiger charge is 2.11. The van der Waals surface area contributed by atoms with Crippen molar-refractivity contribution in [2.24, 2.45) is 0 Å². The summed E-state index contributed by atoms with van der Waals surface area (Å²) in [5.41, 5.74) is 3.21. The van der Waals surface area contributed by atoms with E-state index in [2.05, 4.69) is 27.2 Å². The van der Waals surface area contributed by atoms with Crippen molar-refractivity contribution in [3.05, 3.63) is 70.0 Å². The Kier molecular flexibility index (Phi) is 6.91. The summed E-state index contributed by atoms with van der Waals surface area (Å²) < 4.78 is 5.69. The molecule has 4 rings (SSSR count). The van der Waals surface area contributed by atoms with E-state index >= 15 is 0 Å². The monoisotopic (exact) mass is 448 g/mol. The number of hydrogen-bond donors (Lipinski definition) is 2. The Morgan fingerprint density at radius 1 is 1.12 bits per heavy atom. The number of fused-ring (bicyclic) bond motifs is 1. The van der Waals surface area contributed by atoms with Crippen LogP contribution in [0.4, 0.5) is 5.13 Å². The van der Waals surface area contributed by atoms with Crippen molar-refractivity contribution in [2.75, 3.05) is 11.9 Å². The molecule has 7 nitrogen and oxygen atoms in total. The molecular weight excluding hydrogens is 424 g/mol. The molecule has 2 heterocycles. The fourth-order valence-electron chi connectivity index (χ4n) is 3.17. The van der Waals surface area contributed by atoms with Crippen molar-refractivity contribution in [3.8, 4) is 17.0 Å². The number of aromatic amines is 1. The average molecular weight is 449 g/mol. The van der Waals surface area contributed by atoms with E-state index in [-0.39, 0.29) is 24.3 Å². The minimum atomic E-state index is -0.268. The van der Waals surface area contributed by atoms with E-state index in [1.54, 1.807) is 6.07 Å². The standard InChI is InChI=1S/C24H24N4O3S/c1-2-3-14-31-17-10-8-16(9-11-17)21-15-32-24(27-21)28-22(29)13-12-20-23(30)26-19-7-5-4-6-18(19)25-20/h4-11,15H,2-3,12-14H2,1H3,(H,26,30)(H,27,28,29). The van der Waals surface area contributed by atoms with Gasteiger partial charge in [0.25, 0.3) is 5.56 Å². The summed E-state index contributed by atoms with van der Waals surface area (Å²) in [7, 11) is 0. The highest BCUT2D eigenvalue weighted by molar-refractivity contribution is 7.14. The van der Waals surface area contributed by atoms with E-state index in [1.807, 2.05) is 47.8 Å². The molecule has 2 N–H and O–H groups in total. The maximum atomic E-state index is 12.4. The summed E-state index contributed by atoms with van der Waals surface area (Å²) >= 11 is 1.36. The van der Waals surface area contributed by atoms with Crippen LogP contribution in [0.25, 0.3) is 22.3 Å². The summed E-state index contributed by atoms with van der Waals surface area (Å²) in [5, 5.41) is 5.23. The van der Waals surface area contributed by atoms with E-state index in [9.17, 15) is 9.59 Å². The molecule has 164 valence electrons. The van der Waals surface area contributed by atoms with Crippen molar-refractivity contribution in [3.63, 3.8) is 0 Å². The van der Waals surface area contributed by atoms with Gasteiger partial charge >= 0.3 is 0 Å². The van der Waals surface area contributed by atoms with Crippen LogP contribution in [-0.4, -0.2) is 27.5 Å². The number of rotatable bonds is 9. The number of aryl methyl sites for hydroxylation is 1. The summed E-state index contributed by atoms with van der Waals surface area (Å²) in [6, 6.07) is 15.1. The maximum Gasteiger partial charge on any atom is 0.270 e. The number of nitrogens with one attached hydrogen (secondary N) is 2. The van der Waals surface area contributed by atoms with Gasteiger partial charge in [0.15, 0.2) is 5.13 Å². The lowest BCUT2D eigenvalue weighted by Crippen LogP contribution is -2.18. The number of benzene rings is 2. The fourth-order valence-corrected chi connectivity index (χ4v) is 3.91. The van der Waals surface area contributed by atoms with Gasteiger partial charge in [-0.25, -0.2) is 9.97 Å². The predicted molar refractivity (Wildman–Crippen MR) is 127 cm³/mol. The second kappa shape index (κ2) is 10.2. The van der Waals surface area contributed by atoms with Gasteiger partial charge in [-0.1, -0.05) is 25.5 Å². The lowest BCUT2D eigenvalue weighted by atomic mass is 10.2. The van der Waals surface area contributed by atoms with Gasteiger partial charge < -0.3 is 15.0 Å². The summed E-state index contributed by atoms with van der Waals surface area (Å²) in [4.78, 5) is 36.3. The van der Waals surface area contributed by atoms with Crippen LogP contribution < -0.4 is 15.6 Å². The second-order valence-corrected chi connectivity index (χ2v) is 8.20. The Labute approximate surface area is 189 Å². The zero-order chi connectivity index (χ0) is 22.3. The van der Waals surface area contributed by atoms with Crippen molar-refractivity contribution in [1.82, 2.24) is 15.0 Å². The molecule has 32 heavy (non-hydrogen) atoms. The number of ether oxygens (including phenoxy) is 1. The molecule has 0 aliphatic heterocycles. The Hall–Kier alpha value is -3.52. The Balaban J connectivity index is 1.34. The molecule has 0 fully saturated rings. The van der Waals surface area contributed by atoms with Crippen LogP contribution in [0.15, 0.2) is 58.7 Å². The molecule has 0 aliphatic carbocycles. The van der Waals surface area contributed by atoms with Crippen LogP contribution >= 0.6 is 11.3 Å². The number of H-pyrrole nitrogens is 1. The third kappa shape index (κ3) is 5.39. The van der Waals surface area contributed by atoms with E-state index in [0.717, 1.165) is 29.8 Å². The molecule has 0 aliphatic rings. The van der Waals surface area contributed by atoms with Gasteiger partial charge in [0, 0.05) is 23.8 Å². The Morgan fingerprint density at radius 2 is 1.94 bits per heavy atom. The number of para-hydroxylation sites is 2. The van der Waals surface area contributed by atoms with Crippen molar-refractivity contribution >= 4 is 33.4 Å². The minimum absolute atomic E-state index is 0.146. The minimum Gasteiger partial charge on any atom is -0.494 e. The highest BCUT2D eigenvalue weighted by atomic mass is 32.1. The van der Waals surface area contributed by atoms with E-state index < -0.39 is 0 Å². The lowest BCUT2D eigenvalue weighted by molar-refractivity contribution is -0.116. The number of carbonyl (C=O) groups is 1. The molecule has 0 spiro atoms. The zero-order valence-corrected chi connectivity index (χ0v) is 18.6. The van der Waals surface area contributed by atoms with Gasteiger partial charge in [0.2, 0.25) is 5.91 Å². The Bertz CT molecular complexity index is 1260. The van der Waals surface area contributed by atoms with Crippen LogP contribution in [0, 0.1) is 0 Å². The van der Waals surface area contributed by atoms with Crippen LogP contribution in [0.5, 0.6) is 5.75 Å². The molecule has 2 aromatic heterocycles. The third-order valence-electron chi connectivity index (χ3n) is 4.93. The van der Waals surface area contributed by atoms with Gasteiger partial charge in [-0.2, -0.15) is 0 Å². The number of unbranched alkanes of at least 4 members (excludes halogenated alkanes) is 1. The van der Waals surface area contributed by atoms with Crippen LogP contribution in [0.2, 0.25) is 0 Å². The van der Waals surface area contributed by atoms with E-state index in [1.165, 1.54) is 11.3 Å². The molecule has 0 bridgehead atoms. The van der Waals surface area contributed by atoms with Gasteiger partial charge in [-0.3, -0.25) is 9.59 Å². The first-order chi connectivity index (χ1) is 15.6. The maximum absolute atomic E-state index is 12.4. The lowest BCUT2D eigenvalue weighted by Gasteiger charge is -2.05. The number of hydrogen-bond acceptors (Lipinski definition) is 6. The molecule has 4 aromatic rings. The third-order valence-corrected chi connectivity index (χ3v) is 5.68. The first-order valence-corrected chi connectivity index (χ1v) is 11.5. The molecule has 1 amide bonds. The number of nitrogens with zero attached hydrogens (tertiary/aromatic N) is 2. The van der Waals surface area contributed by atoms with Crippen LogP contribution in [0.1, 0.15) is 31.9 Å². The fraction of sp³-hybridized carbons (Fsp3) is 0.250. The smallest absolute Gasteiger partial charge is 0.270 e. The molecule has 0 atom stereocenters. The SMILES string of the molecule is CCCCOc1ccc(-c2csc(NC(=O)CCc3nc4ccccc4[nH]c3=O)n2)cc1. The van der Waals surface area contributed by atoms with E-state index in [0.29, 0.717) is 28.5 Å². The molecule has 0 unspecified atom stereocenters. The van der Waals surface area contributed by atoms with Crippen molar-refractivity contribution in [1.29, 1.82) is 0 Å². The highest BCUT2D eigenvalue weighted by Crippen LogP contribution is 2.26. The molecule has 0 radical (unpaired) electrons. The summed E-state index contributed by atoms with van der Waals surface area (Å²) in [6.45, 7) is 2.84. The van der Waals surface area contributed by atoms with Gasteiger partial charge in [-0.15, -0.1) is 11.3 Å². The molecule has 8 heteroatoms. The van der Waals surface area contributed by atoms with E-state index in [4.69, 9.17) is 4.74 Å². The predicted octanol–water partition coefficient (Wildman–Crippen LogP) is 4.80. The zero-order valence-electron chi connectivity index (χ0n) is 17.8. The molecule has 0 saturated carbocycles. The van der Waals surface area contributed by atoms with Crippen LogP contribution in [0.3, 0.4) is 0 Å². The molecule has 0 saturated heterocycles. The quantitative estimate of drug-likeness (QED) is 0.359. The number of thiazole rings is 1. The topological polar surface area (TPSA) is 97.0 Å². The number of aromatic nitrogens is 3. The Morgan fingerprint density at radius 3 is 2.75 bits per heavy atom. The molecule has 2 aromatic carbocycles. The average Bonchev–Trinajstić information content (AvgIpc) is 3.26.